The first kappa shape index (κ1) is 23.5. The van der Waals surface area contributed by atoms with Gasteiger partial charge in [-0.2, -0.15) is 0 Å². The van der Waals surface area contributed by atoms with Gasteiger partial charge in [0.1, 0.15) is 10.9 Å². The standard InChI is InChI=1S/C23H22N2O5S2/c1-4-6-17-11-16(13-20-22(26)24(5-2)23(31)32-20)12-19(29-3)21(17)30-14-15-7-9-18(10-8-15)25(27)28/h4,7-13H,1,5-6,14H2,2-3H3. The van der Waals surface area contributed by atoms with Crippen LogP contribution in [0.2, 0.25) is 0 Å². The van der Waals surface area contributed by atoms with E-state index in [1.54, 1.807) is 42.4 Å². The van der Waals surface area contributed by atoms with Crippen LogP contribution >= 0.6 is 24.0 Å². The summed E-state index contributed by atoms with van der Waals surface area (Å²) in [4.78, 5) is 25.1. The lowest BCUT2D eigenvalue weighted by atomic mass is 10.0. The third-order valence-corrected chi connectivity index (χ3v) is 6.13. The number of hydrogen-bond donors (Lipinski definition) is 0. The van der Waals surface area contributed by atoms with Gasteiger partial charge in [0.05, 0.1) is 16.9 Å². The van der Waals surface area contributed by atoms with E-state index in [9.17, 15) is 14.9 Å². The zero-order valence-corrected chi connectivity index (χ0v) is 19.3. The summed E-state index contributed by atoms with van der Waals surface area (Å²) in [5, 5.41) is 10.8. The number of nitro benzene ring substituents is 1. The summed E-state index contributed by atoms with van der Waals surface area (Å²) in [6, 6.07) is 9.92. The molecule has 0 bridgehead atoms. The number of benzene rings is 2. The second kappa shape index (κ2) is 10.4. The van der Waals surface area contributed by atoms with Gasteiger partial charge in [-0.15, -0.1) is 6.58 Å². The molecule has 1 saturated heterocycles. The minimum Gasteiger partial charge on any atom is -0.493 e. The molecule has 2 aromatic rings. The van der Waals surface area contributed by atoms with Crippen molar-refractivity contribution in [1.82, 2.24) is 4.90 Å². The third-order valence-electron chi connectivity index (χ3n) is 4.76. The lowest BCUT2D eigenvalue weighted by molar-refractivity contribution is -0.384. The SMILES string of the molecule is C=CCc1cc(C=C2SC(=S)N(CC)C2=O)cc(OC)c1OCc1ccc([N+](=O)[O-])cc1. The number of hydrogen-bond acceptors (Lipinski definition) is 7. The molecule has 0 spiro atoms. The van der Waals surface area contributed by atoms with Crippen LogP contribution < -0.4 is 9.47 Å². The highest BCUT2D eigenvalue weighted by atomic mass is 32.2. The van der Waals surface area contributed by atoms with Crippen LogP contribution in [0.25, 0.3) is 6.08 Å². The van der Waals surface area contributed by atoms with Crippen molar-refractivity contribution < 1.29 is 19.2 Å². The minimum absolute atomic E-state index is 0.0246. The number of nitro groups is 1. The van der Waals surface area contributed by atoms with Gasteiger partial charge in [-0.3, -0.25) is 19.8 Å². The Morgan fingerprint density at radius 3 is 2.56 bits per heavy atom. The van der Waals surface area contributed by atoms with E-state index in [1.807, 2.05) is 13.0 Å². The lowest BCUT2D eigenvalue weighted by Gasteiger charge is -2.16. The number of thioether (sulfide) groups is 1. The number of non-ortho nitro benzene ring substituents is 1. The average molecular weight is 471 g/mol. The van der Waals surface area contributed by atoms with Crippen molar-refractivity contribution in [3.63, 3.8) is 0 Å². The lowest BCUT2D eigenvalue weighted by Crippen LogP contribution is -2.27. The van der Waals surface area contributed by atoms with E-state index in [1.165, 1.54) is 23.9 Å². The molecule has 0 aromatic heterocycles. The van der Waals surface area contributed by atoms with Crippen LogP contribution in [0.3, 0.4) is 0 Å². The van der Waals surface area contributed by atoms with Crippen LogP contribution in [0.15, 0.2) is 54.0 Å². The molecule has 0 radical (unpaired) electrons. The number of methoxy groups -OCH3 is 1. The normalized spacial score (nSPS) is 14.7. The van der Waals surface area contributed by atoms with Crippen molar-refractivity contribution in [2.24, 2.45) is 0 Å². The summed E-state index contributed by atoms with van der Waals surface area (Å²) in [5.41, 5.74) is 2.45. The second-order valence-corrected chi connectivity index (χ2v) is 8.52. The summed E-state index contributed by atoms with van der Waals surface area (Å²) >= 11 is 6.56. The Bertz CT molecular complexity index is 1100. The number of likely N-dealkylation sites (N-methyl/N-ethyl adjacent to an activating group) is 1. The minimum atomic E-state index is -0.442. The Kier molecular flexibility index (Phi) is 7.66. The van der Waals surface area contributed by atoms with Gasteiger partial charge >= 0.3 is 0 Å². The molecule has 3 rings (SSSR count). The molecule has 166 valence electrons. The summed E-state index contributed by atoms with van der Waals surface area (Å²) in [5.74, 6) is 0.970. The van der Waals surface area contributed by atoms with Gasteiger partial charge < -0.3 is 9.47 Å². The number of ether oxygens (including phenoxy) is 2. The number of carbonyl (C=O) groups excluding carboxylic acids is 1. The smallest absolute Gasteiger partial charge is 0.269 e. The molecule has 1 amide bonds. The van der Waals surface area contributed by atoms with Crippen molar-refractivity contribution in [2.75, 3.05) is 13.7 Å². The highest BCUT2D eigenvalue weighted by Crippen LogP contribution is 2.37. The summed E-state index contributed by atoms with van der Waals surface area (Å²) in [7, 11) is 1.55. The molecule has 1 aliphatic rings. The molecule has 1 fully saturated rings. The van der Waals surface area contributed by atoms with Crippen molar-refractivity contribution in [3.8, 4) is 11.5 Å². The Morgan fingerprint density at radius 1 is 1.28 bits per heavy atom. The van der Waals surface area contributed by atoms with Crippen molar-refractivity contribution in [1.29, 1.82) is 0 Å². The average Bonchev–Trinajstić information content (AvgIpc) is 3.05. The number of thiocarbonyl (C=S) groups is 1. The number of carbonyl (C=O) groups is 1. The Morgan fingerprint density at radius 2 is 2.00 bits per heavy atom. The van der Waals surface area contributed by atoms with Crippen molar-refractivity contribution in [3.05, 3.63) is 80.8 Å². The van der Waals surface area contributed by atoms with Crippen molar-refractivity contribution in [2.45, 2.75) is 20.0 Å². The van der Waals surface area contributed by atoms with E-state index in [0.717, 1.165) is 16.7 Å². The largest absolute Gasteiger partial charge is 0.493 e. The van der Waals surface area contributed by atoms with Crippen LogP contribution in [0.1, 0.15) is 23.6 Å². The second-order valence-electron chi connectivity index (χ2n) is 6.84. The molecule has 0 N–H and O–H groups in total. The molecule has 2 aromatic carbocycles. The maximum Gasteiger partial charge on any atom is 0.269 e. The predicted molar refractivity (Wildman–Crippen MR) is 130 cm³/mol. The predicted octanol–water partition coefficient (Wildman–Crippen LogP) is 5.13. The maximum atomic E-state index is 12.5. The first-order chi connectivity index (χ1) is 15.4. The molecule has 9 heteroatoms. The Labute approximate surface area is 195 Å². The van der Waals surface area contributed by atoms with E-state index in [0.29, 0.717) is 33.7 Å². The number of amides is 1. The van der Waals surface area contributed by atoms with E-state index >= 15 is 0 Å². The third kappa shape index (κ3) is 5.17. The van der Waals surface area contributed by atoms with E-state index in [4.69, 9.17) is 21.7 Å². The van der Waals surface area contributed by atoms with Gasteiger partial charge in [0, 0.05) is 24.2 Å². The van der Waals surface area contributed by atoms with Crippen LogP contribution in [-0.2, 0) is 17.8 Å². The van der Waals surface area contributed by atoms with Crippen molar-refractivity contribution >= 4 is 46.0 Å². The zero-order valence-electron chi connectivity index (χ0n) is 17.7. The molecule has 7 nitrogen and oxygen atoms in total. The number of rotatable bonds is 9. The molecule has 0 aliphatic carbocycles. The summed E-state index contributed by atoms with van der Waals surface area (Å²) < 4.78 is 12.1. The van der Waals surface area contributed by atoms with Crippen LogP contribution in [-0.4, -0.2) is 33.7 Å². The van der Waals surface area contributed by atoms with E-state index < -0.39 is 4.92 Å². The van der Waals surface area contributed by atoms with Gasteiger partial charge in [0.25, 0.3) is 11.6 Å². The molecule has 32 heavy (non-hydrogen) atoms. The Balaban J connectivity index is 1.89. The maximum absolute atomic E-state index is 12.5. The number of nitrogens with zero attached hydrogens (tertiary/aromatic N) is 2. The topological polar surface area (TPSA) is 81.9 Å². The first-order valence-electron chi connectivity index (χ1n) is 9.81. The highest BCUT2D eigenvalue weighted by molar-refractivity contribution is 8.26. The van der Waals surface area contributed by atoms with E-state index in [-0.39, 0.29) is 18.2 Å². The molecule has 0 saturated carbocycles. The fourth-order valence-corrected chi connectivity index (χ4v) is 4.57. The fourth-order valence-electron chi connectivity index (χ4n) is 3.18. The quantitative estimate of drug-likeness (QED) is 0.165. The first-order valence-corrected chi connectivity index (χ1v) is 11.0. The fraction of sp³-hybridized carbons (Fsp3) is 0.217. The molecule has 0 unspecified atom stereocenters. The van der Waals surface area contributed by atoms with Gasteiger partial charge in [0.2, 0.25) is 0 Å². The monoisotopic (exact) mass is 470 g/mol. The van der Waals surface area contributed by atoms with Gasteiger partial charge in [-0.25, -0.2) is 0 Å². The summed E-state index contributed by atoms with van der Waals surface area (Å²) in [6.45, 7) is 6.45. The molecule has 1 aliphatic heterocycles. The van der Waals surface area contributed by atoms with Gasteiger partial charge in [0.15, 0.2) is 11.5 Å². The molecular formula is C23H22N2O5S2. The molecule has 0 atom stereocenters. The molecule has 1 heterocycles. The van der Waals surface area contributed by atoms with Crippen LogP contribution in [0.4, 0.5) is 5.69 Å². The van der Waals surface area contributed by atoms with Gasteiger partial charge in [-0.1, -0.05) is 30.1 Å². The number of allylic oxidation sites excluding steroid dienone is 1. The Hall–Kier alpha value is -3.17. The summed E-state index contributed by atoms with van der Waals surface area (Å²) in [6.07, 6.45) is 4.08. The van der Waals surface area contributed by atoms with Crippen LogP contribution in [0.5, 0.6) is 11.5 Å². The molecular weight excluding hydrogens is 448 g/mol. The van der Waals surface area contributed by atoms with Crippen LogP contribution in [0, 0.1) is 10.1 Å². The highest BCUT2D eigenvalue weighted by Gasteiger charge is 2.30. The zero-order chi connectivity index (χ0) is 23.3. The van der Waals surface area contributed by atoms with Gasteiger partial charge in [-0.05, 0) is 54.8 Å². The van der Waals surface area contributed by atoms with E-state index in [2.05, 4.69) is 6.58 Å².